The Hall–Kier alpha value is -0.310. The minimum atomic E-state index is -0.163. The van der Waals surface area contributed by atoms with E-state index in [2.05, 4.69) is 22.4 Å². The topological polar surface area (TPSA) is 64.1 Å². The van der Waals surface area contributed by atoms with Crippen molar-refractivity contribution in [2.24, 2.45) is 0 Å². The van der Waals surface area contributed by atoms with Gasteiger partial charge in [-0.3, -0.25) is 4.79 Å². The minimum Gasteiger partial charge on any atom is -0.376 e. The van der Waals surface area contributed by atoms with E-state index >= 15 is 0 Å². The van der Waals surface area contributed by atoms with Crippen LogP contribution in [0.3, 0.4) is 0 Å². The van der Waals surface area contributed by atoms with E-state index in [1.807, 2.05) is 6.92 Å². The van der Waals surface area contributed by atoms with E-state index < -0.39 is 0 Å². The van der Waals surface area contributed by atoms with Gasteiger partial charge in [-0.1, -0.05) is 41.8 Å². The summed E-state index contributed by atoms with van der Waals surface area (Å²) in [5, 5.41) is 11.0. The third kappa shape index (κ3) is 4.91. The van der Waals surface area contributed by atoms with Crippen molar-refractivity contribution in [2.75, 3.05) is 18.9 Å². The van der Waals surface area contributed by atoms with Gasteiger partial charge in [-0.15, -0.1) is 10.2 Å². The molecule has 8 heteroatoms. The lowest BCUT2D eigenvalue weighted by Gasteiger charge is -2.13. The predicted molar refractivity (Wildman–Crippen MR) is 83.6 cm³/mol. The summed E-state index contributed by atoms with van der Waals surface area (Å²) in [6.45, 7) is 5.40. The van der Waals surface area contributed by atoms with E-state index in [0.29, 0.717) is 6.54 Å². The van der Waals surface area contributed by atoms with Crippen LogP contribution < -0.4 is 5.32 Å². The molecule has 0 aliphatic carbocycles. The van der Waals surface area contributed by atoms with E-state index in [4.69, 9.17) is 4.74 Å². The lowest BCUT2D eigenvalue weighted by Crippen LogP contribution is -2.36. The highest BCUT2D eigenvalue weighted by atomic mass is 32.2. The molecule has 1 saturated heterocycles. The predicted octanol–water partition coefficient (Wildman–Crippen LogP) is 2.43. The average molecular weight is 334 g/mol. The van der Waals surface area contributed by atoms with Crippen LogP contribution in [0.4, 0.5) is 0 Å². The Balaban J connectivity index is 1.74. The van der Waals surface area contributed by atoms with Crippen LogP contribution in [0.15, 0.2) is 8.68 Å². The highest BCUT2D eigenvalue weighted by molar-refractivity contribution is 8.03. The molecule has 2 heterocycles. The summed E-state index contributed by atoms with van der Waals surface area (Å²) in [5.41, 5.74) is 0. The van der Waals surface area contributed by atoms with Crippen molar-refractivity contribution < 1.29 is 9.53 Å². The number of hydrogen-bond acceptors (Lipinski definition) is 7. The molecule has 0 spiro atoms. The summed E-state index contributed by atoms with van der Waals surface area (Å²) in [5.74, 6) is 1.02. The van der Waals surface area contributed by atoms with Gasteiger partial charge >= 0.3 is 0 Å². The number of ether oxygens (including phenoxy) is 1. The molecule has 20 heavy (non-hydrogen) atoms. The van der Waals surface area contributed by atoms with Crippen LogP contribution in [-0.2, 0) is 9.53 Å². The molecule has 1 aromatic heterocycles. The van der Waals surface area contributed by atoms with Crippen LogP contribution in [0.25, 0.3) is 0 Å². The lowest BCUT2D eigenvalue weighted by molar-refractivity contribution is -0.120. The monoisotopic (exact) mass is 333 g/mol. The third-order valence-corrected chi connectivity index (χ3v) is 5.95. The van der Waals surface area contributed by atoms with E-state index in [0.717, 1.165) is 33.9 Å². The summed E-state index contributed by atoms with van der Waals surface area (Å²) in [7, 11) is 0. The molecule has 0 radical (unpaired) electrons. The van der Waals surface area contributed by atoms with Crippen molar-refractivity contribution in [1.29, 1.82) is 0 Å². The van der Waals surface area contributed by atoms with Crippen molar-refractivity contribution in [3.05, 3.63) is 0 Å². The first-order chi connectivity index (χ1) is 9.69. The molecule has 1 aliphatic heterocycles. The molecule has 1 aromatic rings. The van der Waals surface area contributed by atoms with Gasteiger partial charge in [0.15, 0.2) is 8.68 Å². The van der Waals surface area contributed by atoms with Gasteiger partial charge in [0.1, 0.15) is 0 Å². The van der Waals surface area contributed by atoms with Gasteiger partial charge in [-0.2, -0.15) is 0 Å². The summed E-state index contributed by atoms with van der Waals surface area (Å²) < 4.78 is 7.30. The van der Waals surface area contributed by atoms with Gasteiger partial charge in [0, 0.05) is 13.2 Å². The van der Waals surface area contributed by atoms with Crippen LogP contribution >= 0.6 is 34.9 Å². The summed E-state index contributed by atoms with van der Waals surface area (Å²) >= 11 is 4.68. The molecule has 0 bridgehead atoms. The Bertz CT molecular complexity index is 435. The highest BCUT2D eigenvalue weighted by Crippen LogP contribution is 2.31. The van der Waals surface area contributed by atoms with Crippen molar-refractivity contribution in [1.82, 2.24) is 15.5 Å². The maximum Gasteiger partial charge on any atom is 0.233 e. The van der Waals surface area contributed by atoms with Gasteiger partial charge in [-0.25, -0.2) is 0 Å². The first kappa shape index (κ1) is 16.1. The van der Waals surface area contributed by atoms with Crippen molar-refractivity contribution >= 4 is 40.8 Å². The van der Waals surface area contributed by atoms with E-state index in [9.17, 15) is 4.79 Å². The fourth-order valence-corrected chi connectivity index (χ4v) is 4.88. The summed E-state index contributed by atoms with van der Waals surface area (Å²) in [6, 6.07) is 0. The molecule has 2 atom stereocenters. The Morgan fingerprint density at radius 2 is 2.35 bits per heavy atom. The number of carbonyl (C=O) groups excluding carboxylic acids is 1. The van der Waals surface area contributed by atoms with Gasteiger partial charge in [0.2, 0.25) is 5.91 Å². The number of thioether (sulfide) groups is 2. The second kappa shape index (κ2) is 8.21. The largest absolute Gasteiger partial charge is 0.376 e. The quantitative estimate of drug-likeness (QED) is 0.773. The lowest BCUT2D eigenvalue weighted by atomic mass is 10.2. The first-order valence-corrected chi connectivity index (χ1v) is 9.39. The van der Waals surface area contributed by atoms with E-state index in [-0.39, 0.29) is 17.3 Å². The van der Waals surface area contributed by atoms with Gasteiger partial charge in [-0.05, 0) is 25.5 Å². The number of carbonyl (C=O) groups is 1. The Kier molecular flexibility index (Phi) is 6.60. The maximum absolute atomic E-state index is 12.0. The zero-order chi connectivity index (χ0) is 14.4. The molecule has 1 aliphatic rings. The van der Waals surface area contributed by atoms with Crippen LogP contribution in [0.1, 0.15) is 26.7 Å². The van der Waals surface area contributed by atoms with Gasteiger partial charge in [0.05, 0.1) is 11.4 Å². The molecule has 1 amide bonds. The third-order valence-electron chi connectivity index (χ3n) is 2.83. The normalized spacial score (nSPS) is 20.0. The molecule has 2 rings (SSSR count). The summed E-state index contributed by atoms with van der Waals surface area (Å²) in [4.78, 5) is 12.0. The van der Waals surface area contributed by atoms with Crippen LogP contribution in [0, 0.1) is 0 Å². The standard InChI is InChI=1S/C12H19N3O2S3/c1-3-18-11-14-15-12(20-11)19-8(2)10(16)13-7-9-5-4-6-17-9/h8-9H,3-7H2,1-2H3,(H,13,16)/t8-,9+/m1/s1. The second-order valence-corrected chi connectivity index (χ2v) is 8.48. The van der Waals surface area contributed by atoms with Crippen LogP contribution in [0.2, 0.25) is 0 Å². The van der Waals surface area contributed by atoms with Crippen LogP contribution in [-0.4, -0.2) is 46.4 Å². The smallest absolute Gasteiger partial charge is 0.233 e. The van der Waals surface area contributed by atoms with Gasteiger partial charge in [0.25, 0.3) is 0 Å². The van der Waals surface area contributed by atoms with Crippen molar-refractivity contribution in [2.45, 2.75) is 46.7 Å². The van der Waals surface area contributed by atoms with E-state index in [1.165, 1.54) is 11.8 Å². The molecule has 0 aromatic carbocycles. The van der Waals surface area contributed by atoms with E-state index in [1.54, 1.807) is 23.1 Å². The molecular weight excluding hydrogens is 314 g/mol. The average Bonchev–Trinajstić information content (AvgIpc) is 3.08. The molecule has 5 nitrogen and oxygen atoms in total. The fourth-order valence-electron chi connectivity index (χ4n) is 1.79. The molecule has 1 fully saturated rings. The Morgan fingerprint density at radius 1 is 1.55 bits per heavy atom. The minimum absolute atomic E-state index is 0.0328. The molecule has 1 N–H and O–H groups in total. The molecule has 0 saturated carbocycles. The first-order valence-electron chi connectivity index (χ1n) is 6.71. The zero-order valence-electron chi connectivity index (χ0n) is 11.6. The molecular formula is C12H19N3O2S3. The zero-order valence-corrected chi connectivity index (χ0v) is 14.1. The number of aromatic nitrogens is 2. The van der Waals surface area contributed by atoms with Crippen LogP contribution in [0.5, 0.6) is 0 Å². The SMILES string of the molecule is CCSc1nnc(S[C@H](C)C(=O)NC[C@@H]2CCCO2)s1. The second-order valence-electron chi connectivity index (χ2n) is 4.41. The highest BCUT2D eigenvalue weighted by Gasteiger charge is 2.20. The Morgan fingerprint density at radius 3 is 3.05 bits per heavy atom. The number of amides is 1. The fraction of sp³-hybridized carbons (Fsp3) is 0.750. The van der Waals surface area contributed by atoms with Crippen molar-refractivity contribution in [3.63, 3.8) is 0 Å². The number of hydrogen-bond donors (Lipinski definition) is 1. The Labute approximate surface area is 131 Å². The summed E-state index contributed by atoms with van der Waals surface area (Å²) in [6.07, 6.45) is 2.31. The molecule has 112 valence electrons. The van der Waals surface area contributed by atoms with Crippen molar-refractivity contribution in [3.8, 4) is 0 Å². The number of rotatable bonds is 7. The maximum atomic E-state index is 12.0. The number of nitrogens with zero attached hydrogens (tertiary/aromatic N) is 2. The molecule has 0 unspecified atom stereocenters. The number of nitrogens with one attached hydrogen (secondary N) is 1. The van der Waals surface area contributed by atoms with Gasteiger partial charge < -0.3 is 10.1 Å².